The number of carbonyl (C=O) groups excluding carboxylic acids is 3. The largest absolute Gasteiger partial charge is 0.325 e. The number of ketones is 1. The molecule has 0 radical (unpaired) electrons. The third-order valence-electron chi connectivity index (χ3n) is 8.55. The van der Waals surface area contributed by atoms with E-state index in [2.05, 4.69) is 15.5 Å². The Morgan fingerprint density at radius 3 is 2.38 bits per heavy atom. The number of nitrogens with one attached hydrogen (secondary N) is 2. The van der Waals surface area contributed by atoms with E-state index in [0.29, 0.717) is 39.9 Å². The molecule has 2 spiro atoms. The molecule has 4 heterocycles. The third-order valence-corrected chi connectivity index (χ3v) is 9.33. The number of nitrogens with zero attached hydrogens (tertiary/aromatic N) is 1. The normalized spacial score (nSPS) is 29.4. The fraction of sp³-hybridized carbons (Fsp3) is 0.250. The fourth-order valence-electron chi connectivity index (χ4n) is 7.36. The highest BCUT2D eigenvalue weighted by Gasteiger charge is 2.78. The lowest BCUT2D eigenvalue weighted by atomic mass is 9.60. The maximum Gasteiger partial charge on any atom is 0.250 e. The van der Waals surface area contributed by atoms with Gasteiger partial charge in [-0.25, -0.2) is 0 Å². The van der Waals surface area contributed by atoms with Crippen LogP contribution >= 0.6 is 34.8 Å². The average Bonchev–Trinajstić information content (AvgIpc) is 3.58. The van der Waals surface area contributed by atoms with Gasteiger partial charge < -0.3 is 10.6 Å². The second-order valence-corrected chi connectivity index (χ2v) is 11.3. The number of fused-ring (bicyclic) bond motifs is 7. The van der Waals surface area contributed by atoms with Gasteiger partial charge in [0.25, 0.3) is 0 Å². The number of carbonyl (C=O) groups is 3. The lowest BCUT2D eigenvalue weighted by Crippen LogP contribution is -2.55. The summed E-state index contributed by atoms with van der Waals surface area (Å²) in [5.41, 5.74) is 0.0289. The van der Waals surface area contributed by atoms with Crippen molar-refractivity contribution < 1.29 is 14.4 Å². The van der Waals surface area contributed by atoms with Crippen LogP contribution in [0.25, 0.3) is 0 Å². The van der Waals surface area contributed by atoms with Gasteiger partial charge in [0.1, 0.15) is 11.0 Å². The molecule has 0 bridgehead atoms. The average molecular weight is 553 g/mol. The summed E-state index contributed by atoms with van der Waals surface area (Å²) in [6.45, 7) is 0.555. The second kappa shape index (κ2) is 7.81. The summed E-state index contributed by atoms with van der Waals surface area (Å²) in [4.78, 5) is 45.3. The lowest BCUT2D eigenvalue weighted by molar-refractivity contribution is -0.128. The molecule has 2 saturated heterocycles. The molecule has 6 nitrogen and oxygen atoms in total. The van der Waals surface area contributed by atoms with Crippen LogP contribution in [0, 0.1) is 5.92 Å². The maximum absolute atomic E-state index is 14.8. The standard InChI is InChI=1S/C28H20Cl3N3O3/c29-14-8-10-21-18(12-14)28(26(37)33-21)24(23(35)16-9-7-15(30)13-19(16)31)27(22-6-3-11-34(22)28)17-4-1-2-5-20(17)32-25(27)36/h1-2,4-5,7-10,12-13,22,24H,3,6,11H2,(H,32,36)(H,33,37)/t22-,24+,27+,28+/m0/s1. The molecule has 0 saturated carbocycles. The van der Waals surface area contributed by atoms with Crippen LogP contribution in [0.5, 0.6) is 0 Å². The van der Waals surface area contributed by atoms with Crippen molar-refractivity contribution in [1.29, 1.82) is 0 Å². The summed E-state index contributed by atoms with van der Waals surface area (Å²) in [7, 11) is 0. The highest BCUT2D eigenvalue weighted by atomic mass is 35.5. The van der Waals surface area contributed by atoms with E-state index < -0.39 is 16.9 Å². The Hall–Kier alpha value is -2.90. The first kappa shape index (κ1) is 23.2. The van der Waals surface area contributed by atoms with Gasteiger partial charge in [-0.2, -0.15) is 0 Å². The van der Waals surface area contributed by atoms with E-state index in [4.69, 9.17) is 34.8 Å². The summed E-state index contributed by atoms with van der Waals surface area (Å²) in [5.74, 6) is -2.11. The van der Waals surface area contributed by atoms with Crippen molar-refractivity contribution in [3.8, 4) is 0 Å². The minimum Gasteiger partial charge on any atom is -0.325 e. The van der Waals surface area contributed by atoms with E-state index in [1.165, 1.54) is 6.07 Å². The number of hydrogen-bond acceptors (Lipinski definition) is 4. The molecular weight excluding hydrogens is 533 g/mol. The van der Waals surface area contributed by atoms with E-state index in [9.17, 15) is 14.4 Å². The molecule has 0 aromatic heterocycles. The van der Waals surface area contributed by atoms with Crippen LogP contribution in [0.4, 0.5) is 11.4 Å². The number of hydrogen-bond donors (Lipinski definition) is 2. The number of rotatable bonds is 2. The van der Waals surface area contributed by atoms with Crippen LogP contribution in [0.2, 0.25) is 15.1 Å². The first-order valence-electron chi connectivity index (χ1n) is 12.1. The number of Topliss-reactive ketones (excluding diaryl/α,β-unsaturated/α-hetero) is 1. The Bertz CT molecular complexity index is 1560. The fourth-order valence-corrected chi connectivity index (χ4v) is 8.04. The molecule has 0 aliphatic carbocycles. The number of benzene rings is 3. The van der Waals surface area contributed by atoms with Crippen LogP contribution in [0.15, 0.2) is 60.7 Å². The third kappa shape index (κ3) is 2.74. The maximum atomic E-state index is 14.8. The van der Waals surface area contributed by atoms with Gasteiger partial charge in [0.05, 0.1) is 10.9 Å². The van der Waals surface area contributed by atoms with Crippen molar-refractivity contribution >= 4 is 63.8 Å². The molecule has 4 aliphatic heterocycles. The molecule has 37 heavy (non-hydrogen) atoms. The van der Waals surface area contributed by atoms with Gasteiger partial charge in [-0.15, -0.1) is 0 Å². The number of amides is 2. The molecule has 186 valence electrons. The summed E-state index contributed by atoms with van der Waals surface area (Å²) < 4.78 is 0. The predicted molar refractivity (Wildman–Crippen MR) is 143 cm³/mol. The zero-order valence-electron chi connectivity index (χ0n) is 19.4. The summed E-state index contributed by atoms with van der Waals surface area (Å²) in [5, 5.41) is 7.03. The highest BCUT2D eigenvalue weighted by Crippen LogP contribution is 2.66. The Labute approximate surface area is 227 Å². The van der Waals surface area contributed by atoms with Crippen LogP contribution in [-0.2, 0) is 20.5 Å². The van der Waals surface area contributed by atoms with Gasteiger partial charge in [-0.05, 0) is 67.4 Å². The Morgan fingerprint density at radius 1 is 0.865 bits per heavy atom. The minimum absolute atomic E-state index is 0.172. The first-order chi connectivity index (χ1) is 17.8. The highest BCUT2D eigenvalue weighted by molar-refractivity contribution is 6.37. The van der Waals surface area contributed by atoms with Crippen molar-refractivity contribution in [3.05, 3.63) is 92.4 Å². The van der Waals surface area contributed by atoms with Crippen LogP contribution < -0.4 is 10.6 Å². The van der Waals surface area contributed by atoms with Crippen LogP contribution in [0.1, 0.15) is 34.3 Å². The van der Waals surface area contributed by atoms with Gasteiger partial charge >= 0.3 is 0 Å². The zero-order chi connectivity index (χ0) is 25.7. The van der Waals surface area contributed by atoms with Crippen molar-refractivity contribution in [1.82, 2.24) is 4.90 Å². The summed E-state index contributed by atoms with van der Waals surface area (Å²) in [6, 6.07) is 16.9. The molecule has 0 unspecified atom stereocenters. The van der Waals surface area contributed by atoms with Gasteiger partial charge in [-0.1, -0.05) is 53.0 Å². The number of para-hydroxylation sites is 1. The first-order valence-corrected chi connectivity index (χ1v) is 13.2. The molecular formula is C28H20Cl3N3O3. The molecule has 4 atom stereocenters. The molecule has 3 aromatic rings. The van der Waals surface area contributed by atoms with Crippen molar-refractivity contribution in [2.24, 2.45) is 5.92 Å². The van der Waals surface area contributed by atoms with Gasteiger partial charge in [0.15, 0.2) is 5.78 Å². The van der Waals surface area contributed by atoms with Gasteiger partial charge in [-0.3, -0.25) is 19.3 Å². The minimum atomic E-state index is -1.45. The quantitative estimate of drug-likeness (QED) is 0.402. The molecule has 3 aromatic carbocycles. The van der Waals surface area contributed by atoms with E-state index in [-0.39, 0.29) is 34.2 Å². The number of anilines is 2. The van der Waals surface area contributed by atoms with Crippen molar-refractivity contribution in [2.45, 2.75) is 29.8 Å². The monoisotopic (exact) mass is 551 g/mol. The molecule has 2 fully saturated rings. The Morgan fingerprint density at radius 2 is 1.57 bits per heavy atom. The van der Waals surface area contributed by atoms with Crippen molar-refractivity contribution in [3.63, 3.8) is 0 Å². The topological polar surface area (TPSA) is 78.5 Å². The van der Waals surface area contributed by atoms with Gasteiger partial charge in [0.2, 0.25) is 11.8 Å². The summed E-state index contributed by atoms with van der Waals surface area (Å²) in [6.07, 6.45) is 1.44. The predicted octanol–water partition coefficient (Wildman–Crippen LogP) is 5.66. The van der Waals surface area contributed by atoms with Gasteiger partial charge in [0, 0.05) is 38.6 Å². The zero-order valence-corrected chi connectivity index (χ0v) is 21.6. The van der Waals surface area contributed by atoms with E-state index >= 15 is 0 Å². The molecule has 2 N–H and O–H groups in total. The Balaban J connectivity index is 1.60. The second-order valence-electron chi connectivity index (χ2n) is 10.1. The molecule has 9 heteroatoms. The molecule has 2 amide bonds. The SMILES string of the molecule is O=C(c1ccc(Cl)cc1Cl)[C@@H]1[C@]2(C(=O)Nc3ccccc32)[C@@H]2CCCN2[C@@]12C(=O)Nc1ccc(Cl)cc12. The Kier molecular flexibility index (Phi) is 4.90. The van der Waals surface area contributed by atoms with Crippen molar-refractivity contribution in [2.75, 3.05) is 17.2 Å². The summed E-state index contributed by atoms with van der Waals surface area (Å²) >= 11 is 19.2. The number of halogens is 3. The van der Waals surface area contributed by atoms with E-state index in [0.717, 1.165) is 12.0 Å². The lowest BCUT2D eigenvalue weighted by Gasteiger charge is -2.38. The van der Waals surface area contributed by atoms with E-state index in [1.54, 1.807) is 30.3 Å². The van der Waals surface area contributed by atoms with E-state index in [1.807, 2.05) is 24.3 Å². The molecule has 4 aliphatic rings. The smallest absolute Gasteiger partial charge is 0.250 e. The van der Waals surface area contributed by atoms with Crippen LogP contribution in [0.3, 0.4) is 0 Å². The van der Waals surface area contributed by atoms with Crippen LogP contribution in [-0.4, -0.2) is 35.1 Å². The molecule has 7 rings (SSSR count).